The second-order valence-electron chi connectivity index (χ2n) is 7.61. The van der Waals surface area contributed by atoms with Crippen LogP contribution in [-0.2, 0) is 9.53 Å². The largest absolute Gasteiger partial charge is 0.480 e. The summed E-state index contributed by atoms with van der Waals surface area (Å²) in [4.78, 5) is 28.5. The Kier molecular flexibility index (Phi) is 6.54. The number of carboxylic acid groups (broad SMARTS) is 1. The van der Waals surface area contributed by atoms with Crippen molar-refractivity contribution in [2.45, 2.75) is 31.3 Å². The third-order valence-corrected chi connectivity index (χ3v) is 5.42. The van der Waals surface area contributed by atoms with Gasteiger partial charge in [-0.15, -0.1) is 0 Å². The van der Waals surface area contributed by atoms with Gasteiger partial charge in [-0.3, -0.25) is 4.90 Å². The van der Waals surface area contributed by atoms with E-state index in [0.717, 1.165) is 35.2 Å². The number of hydrogen-bond acceptors (Lipinski definition) is 4. The van der Waals surface area contributed by atoms with Crippen LogP contribution in [0.25, 0.3) is 11.1 Å². The number of fused-ring (bicyclic) bond motifs is 3. The maximum absolute atomic E-state index is 12.8. The van der Waals surface area contributed by atoms with Crippen LogP contribution in [0, 0.1) is 0 Å². The molecule has 6 heteroatoms. The molecular formula is C23H28N2O4. The summed E-state index contributed by atoms with van der Waals surface area (Å²) in [7, 11) is 5.27. The molecule has 154 valence electrons. The molecule has 0 aromatic heterocycles. The summed E-state index contributed by atoms with van der Waals surface area (Å²) in [6, 6.07) is 14.2. The van der Waals surface area contributed by atoms with Crippen molar-refractivity contribution in [1.82, 2.24) is 9.80 Å². The zero-order valence-corrected chi connectivity index (χ0v) is 17.2. The maximum atomic E-state index is 12.8. The minimum absolute atomic E-state index is 0.374. The Morgan fingerprint density at radius 3 is 2.03 bits per heavy atom. The summed E-state index contributed by atoms with van der Waals surface area (Å²) in [5, 5.41) is 9.99. The molecule has 0 fully saturated rings. The molecule has 0 radical (unpaired) electrons. The molecule has 0 aliphatic heterocycles. The minimum Gasteiger partial charge on any atom is -0.480 e. The van der Waals surface area contributed by atoms with E-state index in [9.17, 15) is 14.7 Å². The second kappa shape index (κ2) is 9.09. The SMILES string of the molecule is COC(=O)N(C1c2ccccc2-c2ccccc21)[C@@H](CCCCN(C)C)C(=O)O. The summed E-state index contributed by atoms with van der Waals surface area (Å²) >= 11 is 0. The van der Waals surface area contributed by atoms with Gasteiger partial charge >= 0.3 is 12.1 Å². The Balaban J connectivity index is 2.00. The Morgan fingerprint density at radius 2 is 1.55 bits per heavy atom. The molecule has 0 saturated heterocycles. The van der Waals surface area contributed by atoms with E-state index in [1.54, 1.807) is 0 Å². The van der Waals surface area contributed by atoms with E-state index in [-0.39, 0.29) is 0 Å². The van der Waals surface area contributed by atoms with Crippen molar-refractivity contribution in [3.8, 4) is 11.1 Å². The first-order valence-electron chi connectivity index (χ1n) is 9.87. The number of carbonyl (C=O) groups excluding carboxylic acids is 1. The van der Waals surface area contributed by atoms with Crippen molar-refractivity contribution in [1.29, 1.82) is 0 Å². The number of aliphatic carboxylic acids is 1. The van der Waals surface area contributed by atoms with Gasteiger partial charge in [-0.2, -0.15) is 0 Å². The molecule has 1 N–H and O–H groups in total. The van der Waals surface area contributed by atoms with Gasteiger partial charge in [0.25, 0.3) is 0 Å². The van der Waals surface area contributed by atoms with Gasteiger partial charge < -0.3 is 14.7 Å². The highest BCUT2D eigenvalue weighted by Crippen LogP contribution is 2.47. The summed E-state index contributed by atoms with van der Waals surface area (Å²) in [6.45, 7) is 0.875. The second-order valence-corrected chi connectivity index (χ2v) is 7.61. The lowest BCUT2D eigenvalue weighted by molar-refractivity contribution is -0.143. The predicted molar refractivity (Wildman–Crippen MR) is 112 cm³/mol. The lowest BCUT2D eigenvalue weighted by atomic mass is 9.99. The van der Waals surface area contributed by atoms with Crippen LogP contribution in [0.4, 0.5) is 4.79 Å². The van der Waals surface area contributed by atoms with Crippen LogP contribution in [0.5, 0.6) is 0 Å². The summed E-state index contributed by atoms with van der Waals surface area (Å²) in [5.41, 5.74) is 3.91. The molecule has 0 saturated carbocycles. The number of amides is 1. The van der Waals surface area contributed by atoms with E-state index in [0.29, 0.717) is 12.8 Å². The van der Waals surface area contributed by atoms with Crippen molar-refractivity contribution >= 4 is 12.1 Å². The first-order valence-corrected chi connectivity index (χ1v) is 9.87. The van der Waals surface area contributed by atoms with Crippen molar-refractivity contribution < 1.29 is 19.4 Å². The maximum Gasteiger partial charge on any atom is 0.411 e. The van der Waals surface area contributed by atoms with Gasteiger partial charge in [0.15, 0.2) is 0 Å². The van der Waals surface area contributed by atoms with Crippen LogP contribution in [0.15, 0.2) is 48.5 Å². The molecule has 0 unspecified atom stereocenters. The summed E-state index contributed by atoms with van der Waals surface area (Å²) in [5.74, 6) is -1.01. The van der Waals surface area contributed by atoms with Crippen LogP contribution in [-0.4, -0.2) is 60.8 Å². The average Bonchev–Trinajstić information content (AvgIpc) is 3.04. The number of unbranched alkanes of at least 4 members (excludes halogenated alkanes) is 1. The van der Waals surface area contributed by atoms with Crippen LogP contribution < -0.4 is 0 Å². The molecule has 1 amide bonds. The molecule has 3 rings (SSSR count). The van der Waals surface area contributed by atoms with Crippen LogP contribution in [0.3, 0.4) is 0 Å². The Hall–Kier alpha value is -2.86. The van der Waals surface area contributed by atoms with Gasteiger partial charge in [0.2, 0.25) is 0 Å². The molecule has 29 heavy (non-hydrogen) atoms. The molecule has 1 aliphatic rings. The molecule has 0 heterocycles. The number of ether oxygens (including phenoxy) is 1. The van der Waals surface area contributed by atoms with Crippen molar-refractivity contribution in [2.24, 2.45) is 0 Å². The molecule has 1 atom stereocenters. The zero-order chi connectivity index (χ0) is 21.0. The lowest BCUT2D eigenvalue weighted by Crippen LogP contribution is -2.47. The number of hydrogen-bond donors (Lipinski definition) is 1. The van der Waals surface area contributed by atoms with E-state index >= 15 is 0 Å². The monoisotopic (exact) mass is 396 g/mol. The van der Waals surface area contributed by atoms with E-state index in [1.165, 1.54) is 12.0 Å². The Bertz CT molecular complexity index is 835. The highest BCUT2D eigenvalue weighted by atomic mass is 16.5. The van der Waals surface area contributed by atoms with E-state index in [2.05, 4.69) is 4.90 Å². The fraction of sp³-hybridized carbons (Fsp3) is 0.391. The number of carbonyl (C=O) groups is 2. The molecular weight excluding hydrogens is 368 g/mol. The first kappa shape index (κ1) is 20.9. The molecule has 1 aliphatic carbocycles. The van der Waals surface area contributed by atoms with E-state index < -0.39 is 24.1 Å². The fourth-order valence-corrected chi connectivity index (χ4v) is 4.09. The number of nitrogens with zero attached hydrogens (tertiary/aromatic N) is 2. The predicted octanol–water partition coefficient (Wildman–Crippen LogP) is 4.01. The highest BCUT2D eigenvalue weighted by Gasteiger charge is 2.41. The van der Waals surface area contributed by atoms with Gasteiger partial charge in [-0.1, -0.05) is 48.5 Å². The van der Waals surface area contributed by atoms with Gasteiger partial charge in [0.05, 0.1) is 13.2 Å². The molecule has 2 aromatic carbocycles. The smallest absolute Gasteiger partial charge is 0.411 e. The van der Waals surface area contributed by atoms with Gasteiger partial charge in [-0.05, 0) is 62.2 Å². The van der Waals surface area contributed by atoms with E-state index in [4.69, 9.17) is 4.74 Å². The van der Waals surface area contributed by atoms with Crippen LogP contribution >= 0.6 is 0 Å². The highest BCUT2D eigenvalue weighted by molar-refractivity contribution is 5.85. The molecule has 0 spiro atoms. The van der Waals surface area contributed by atoms with Gasteiger partial charge in [0.1, 0.15) is 6.04 Å². The number of methoxy groups -OCH3 is 1. The van der Waals surface area contributed by atoms with Crippen molar-refractivity contribution in [2.75, 3.05) is 27.7 Å². The van der Waals surface area contributed by atoms with Crippen LogP contribution in [0.2, 0.25) is 0 Å². The average molecular weight is 396 g/mol. The third-order valence-electron chi connectivity index (χ3n) is 5.42. The molecule has 6 nitrogen and oxygen atoms in total. The first-order chi connectivity index (χ1) is 14.0. The third kappa shape index (κ3) is 4.27. The quantitative estimate of drug-likeness (QED) is 0.683. The van der Waals surface area contributed by atoms with Crippen LogP contribution in [0.1, 0.15) is 36.4 Å². The zero-order valence-electron chi connectivity index (χ0n) is 17.2. The lowest BCUT2D eigenvalue weighted by Gasteiger charge is -2.34. The minimum atomic E-state index is -1.01. The van der Waals surface area contributed by atoms with Crippen molar-refractivity contribution in [3.05, 3.63) is 59.7 Å². The van der Waals surface area contributed by atoms with Crippen molar-refractivity contribution in [3.63, 3.8) is 0 Å². The van der Waals surface area contributed by atoms with E-state index in [1.807, 2.05) is 62.6 Å². The molecule has 0 bridgehead atoms. The Labute approximate surface area is 171 Å². The summed E-state index contributed by atoms with van der Waals surface area (Å²) < 4.78 is 5.05. The summed E-state index contributed by atoms with van der Waals surface area (Å²) in [6.07, 6.45) is 1.32. The normalized spacial score (nSPS) is 13.7. The topological polar surface area (TPSA) is 70.1 Å². The standard InChI is InChI=1S/C23H28N2O4/c1-24(2)15-9-8-14-20(22(26)27)25(23(28)29-3)21-18-12-6-4-10-16(18)17-11-5-7-13-19(17)21/h4-7,10-13,20-21H,8-9,14-15H2,1-3H3,(H,26,27)/t20-/m0/s1. The number of carboxylic acids is 1. The van der Waals surface area contributed by atoms with Gasteiger partial charge in [0, 0.05) is 0 Å². The number of rotatable bonds is 8. The molecule has 2 aromatic rings. The fourth-order valence-electron chi connectivity index (χ4n) is 4.09. The Morgan fingerprint density at radius 1 is 1.00 bits per heavy atom. The number of benzene rings is 2. The van der Waals surface area contributed by atoms with Gasteiger partial charge in [-0.25, -0.2) is 9.59 Å².